The minimum absolute atomic E-state index is 0.796. The fraction of sp³-hybridized carbons (Fsp3) is 0. The van der Waals surface area contributed by atoms with Crippen molar-refractivity contribution in [1.29, 1.82) is 0 Å². The Balaban J connectivity index is 1.03. The zero-order chi connectivity index (χ0) is 33.9. The number of furan rings is 2. The minimum atomic E-state index is 0.796. The highest BCUT2D eigenvalue weighted by Gasteiger charge is 2.18. The number of pyridine rings is 2. The van der Waals surface area contributed by atoms with E-state index in [1.807, 2.05) is 42.7 Å². The molecule has 0 aliphatic heterocycles. The van der Waals surface area contributed by atoms with Gasteiger partial charge in [-0.25, -0.2) is 0 Å². The Morgan fingerprint density at radius 2 is 0.904 bits per heavy atom. The van der Waals surface area contributed by atoms with Crippen LogP contribution in [0.2, 0.25) is 0 Å². The zero-order valence-electron chi connectivity index (χ0n) is 27.6. The number of aromatic nitrogens is 4. The third kappa shape index (κ3) is 3.78. The topological polar surface area (TPSA) is 61.9 Å². The summed E-state index contributed by atoms with van der Waals surface area (Å²) in [5.41, 5.74) is 14.2. The maximum absolute atomic E-state index is 6.15. The summed E-state index contributed by atoms with van der Waals surface area (Å²) < 4.78 is 16.9. The number of fused-ring (bicyclic) bond motifs is 12. The highest BCUT2D eigenvalue weighted by molar-refractivity contribution is 6.13. The van der Waals surface area contributed by atoms with E-state index < -0.39 is 0 Å². The summed E-state index contributed by atoms with van der Waals surface area (Å²) in [5, 5.41) is 6.74. The largest absolute Gasteiger partial charge is 0.456 e. The molecule has 0 fully saturated rings. The SMILES string of the molecule is c1ccc2c(c1)oc1ccc(-n3c4ccc(-c5ccc6c(c5)c5ccccc5n6-c5ccc6oc7cccnc7c6c5)cc4c4ncccc43)cc12. The van der Waals surface area contributed by atoms with Crippen LogP contribution in [0.1, 0.15) is 0 Å². The fourth-order valence-electron chi connectivity index (χ4n) is 8.30. The van der Waals surface area contributed by atoms with Gasteiger partial charge in [-0.3, -0.25) is 9.97 Å². The lowest BCUT2D eigenvalue weighted by Crippen LogP contribution is -1.94. The van der Waals surface area contributed by atoms with Gasteiger partial charge in [0, 0.05) is 56.1 Å². The van der Waals surface area contributed by atoms with E-state index in [1.54, 1.807) is 0 Å². The maximum atomic E-state index is 6.15. The standard InChI is InChI=1S/C46H26N4O2/c1-3-9-37-31(7-1)33-23-27(13-17-38(33)49(37)30-16-20-43-36(26-30)46-44(52-43)12-6-22-48-46)28-14-18-39-35(24-28)45-40(10-5-21-47-45)50(39)29-15-19-42-34(25-29)32-8-2-4-11-41(32)51-42/h1-26H. The molecule has 0 N–H and O–H groups in total. The molecule has 12 rings (SSSR count). The van der Waals surface area contributed by atoms with E-state index in [0.29, 0.717) is 0 Å². The van der Waals surface area contributed by atoms with Crippen molar-refractivity contribution in [2.45, 2.75) is 0 Å². The Morgan fingerprint density at radius 1 is 0.346 bits per heavy atom. The van der Waals surface area contributed by atoms with E-state index in [1.165, 1.54) is 10.8 Å². The van der Waals surface area contributed by atoms with Crippen molar-refractivity contribution in [2.75, 3.05) is 0 Å². The molecule has 6 heterocycles. The molecule has 242 valence electrons. The minimum Gasteiger partial charge on any atom is -0.456 e. The Hall–Kier alpha value is -7.18. The lowest BCUT2D eigenvalue weighted by Gasteiger charge is -2.09. The van der Waals surface area contributed by atoms with Crippen molar-refractivity contribution in [3.8, 4) is 22.5 Å². The van der Waals surface area contributed by atoms with Gasteiger partial charge in [0.25, 0.3) is 0 Å². The van der Waals surface area contributed by atoms with Gasteiger partial charge in [0.05, 0.1) is 27.6 Å². The highest BCUT2D eigenvalue weighted by atomic mass is 16.3. The van der Waals surface area contributed by atoms with E-state index in [4.69, 9.17) is 13.8 Å². The Morgan fingerprint density at radius 3 is 1.75 bits per heavy atom. The molecule has 0 saturated heterocycles. The van der Waals surface area contributed by atoms with Gasteiger partial charge in [0.1, 0.15) is 22.3 Å². The Labute approximate surface area is 295 Å². The van der Waals surface area contributed by atoms with Crippen molar-refractivity contribution in [3.05, 3.63) is 158 Å². The predicted molar refractivity (Wildman–Crippen MR) is 211 cm³/mol. The first-order valence-electron chi connectivity index (χ1n) is 17.4. The first-order chi connectivity index (χ1) is 25.8. The second-order valence-electron chi connectivity index (χ2n) is 13.4. The average molecular weight is 667 g/mol. The second kappa shape index (κ2) is 10.2. The van der Waals surface area contributed by atoms with Gasteiger partial charge in [-0.2, -0.15) is 0 Å². The van der Waals surface area contributed by atoms with E-state index in [0.717, 1.165) is 99.5 Å². The number of benzene rings is 6. The van der Waals surface area contributed by atoms with Crippen LogP contribution >= 0.6 is 0 Å². The molecule has 0 aliphatic rings. The van der Waals surface area contributed by atoms with Crippen molar-refractivity contribution < 1.29 is 8.83 Å². The van der Waals surface area contributed by atoms with E-state index >= 15 is 0 Å². The molecule has 52 heavy (non-hydrogen) atoms. The molecule has 0 radical (unpaired) electrons. The first-order valence-corrected chi connectivity index (χ1v) is 17.4. The monoisotopic (exact) mass is 666 g/mol. The summed E-state index contributed by atoms with van der Waals surface area (Å²) in [6.45, 7) is 0. The fourth-order valence-corrected chi connectivity index (χ4v) is 8.30. The first kappa shape index (κ1) is 27.6. The molecular weight excluding hydrogens is 641 g/mol. The van der Waals surface area contributed by atoms with Crippen LogP contribution in [0.3, 0.4) is 0 Å². The van der Waals surface area contributed by atoms with Crippen molar-refractivity contribution in [2.24, 2.45) is 0 Å². The van der Waals surface area contributed by atoms with Gasteiger partial charge in [0.15, 0.2) is 5.58 Å². The molecule has 6 nitrogen and oxygen atoms in total. The molecule has 0 saturated carbocycles. The normalized spacial score (nSPS) is 12.2. The summed E-state index contributed by atoms with van der Waals surface area (Å²) in [6.07, 6.45) is 3.70. The van der Waals surface area contributed by atoms with Gasteiger partial charge in [-0.05, 0) is 108 Å². The molecule has 0 bridgehead atoms. The van der Waals surface area contributed by atoms with Crippen LogP contribution in [0.5, 0.6) is 0 Å². The Bertz CT molecular complexity index is 3200. The summed E-state index contributed by atoms with van der Waals surface area (Å²) in [4.78, 5) is 9.53. The number of rotatable bonds is 3. The number of para-hydroxylation sites is 2. The van der Waals surface area contributed by atoms with E-state index in [2.05, 4.69) is 129 Å². The second-order valence-corrected chi connectivity index (χ2v) is 13.4. The number of nitrogens with zero attached hydrogens (tertiary/aromatic N) is 4. The van der Waals surface area contributed by atoms with Gasteiger partial charge in [0.2, 0.25) is 0 Å². The quantitative estimate of drug-likeness (QED) is 0.188. The molecule has 0 unspecified atom stereocenters. The summed E-state index contributed by atoms with van der Waals surface area (Å²) in [6, 6.07) is 51.3. The molecular formula is C46H26N4O2. The van der Waals surface area contributed by atoms with Crippen LogP contribution in [-0.2, 0) is 0 Å². The number of hydrogen-bond acceptors (Lipinski definition) is 4. The lowest BCUT2D eigenvalue weighted by molar-refractivity contribution is 0.668. The van der Waals surface area contributed by atoms with Crippen molar-refractivity contribution >= 4 is 87.7 Å². The van der Waals surface area contributed by atoms with Crippen LogP contribution < -0.4 is 0 Å². The van der Waals surface area contributed by atoms with Gasteiger partial charge >= 0.3 is 0 Å². The average Bonchev–Trinajstić information content (AvgIpc) is 3.94. The Kier molecular flexibility index (Phi) is 5.41. The van der Waals surface area contributed by atoms with Crippen LogP contribution in [0.25, 0.3) is 110 Å². The molecule has 0 aliphatic carbocycles. The zero-order valence-corrected chi connectivity index (χ0v) is 27.6. The molecule has 6 heteroatoms. The van der Waals surface area contributed by atoms with Gasteiger partial charge < -0.3 is 18.0 Å². The predicted octanol–water partition coefficient (Wildman–Crippen LogP) is 12.1. The maximum Gasteiger partial charge on any atom is 0.153 e. The van der Waals surface area contributed by atoms with E-state index in [9.17, 15) is 0 Å². The van der Waals surface area contributed by atoms with Crippen LogP contribution in [0.15, 0.2) is 167 Å². The highest BCUT2D eigenvalue weighted by Crippen LogP contribution is 2.39. The van der Waals surface area contributed by atoms with Crippen LogP contribution in [0.4, 0.5) is 0 Å². The third-order valence-electron chi connectivity index (χ3n) is 10.6. The summed E-state index contributed by atoms with van der Waals surface area (Å²) in [7, 11) is 0. The molecule has 0 spiro atoms. The van der Waals surface area contributed by atoms with Crippen LogP contribution in [0, 0.1) is 0 Å². The summed E-state index contributed by atoms with van der Waals surface area (Å²) in [5.74, 6) is 0. The van der Waals surface area contributed by atoms with Gasteiger partial charge in [-0.1, -0.05) is 48.5 Å². The molecule has 0 atom stereocenters. The van der Waals surface area contributed by atoms with Gasteiger partial charge in [-0.15, -0.1) is 0 Å². The molecule has 6 aromatic heterocycles. The smallest absolute Gasteiger partial charge is 0.153 e. The third-order valence-corrected chi connectivity index (χ3v) is 10.6. The summed E-state index contributed by atoms with van der Waals surface area (Å²) >= 11 is 0. The molecule has 12 aromatic rings. The molecule has 0 amide bonds. The number of hydrogen-bond donors (Lipinski definition) is 0. The lowest BCUT2D eigenvalue weighted by atomic mass is 10.0. The van der Waals surface area contributed by atoms with Crippen molar-refractivity contribution in [1.82, 2.24) is 19.1 Å². The van der Waals surface area contributed by atoms with E-state index in [-0.39, 0.29) is 0 Å². The molecule has 6 aromatic carbocycles. The van der Waals surface area contributed by atoms with Crippen LogP contribution in [-0.4, -0.2) is 19.1 Å². The van der Waals surface area contributed by atoms with Crippen molar-refractivity contribution in [3.63, 3.8) is 0 Å².